The van der Waals surface area contributed by atoms with Crippen molar-refractivity contribution in [3.63, 3.8) is 0 Å². The van der Waals surface area contributed by atoms with Crippen molar-refractivity contribution < 1.29 is 28.4 Å². The van der Waals surface area contributed by atoms with E-state index in [1.54, 1.807) is 40.3 Å². The van der Waals surface area contributed by atoms with Crippen LogP contribution >= 0.6 is 29.2 Å². The lowest BCUT2D eigenvalue weighted by molar-refractivity contribution is -0.125. The monoisotopic (exact) mass is 659 g/mol. The lowest BCUT2D eigenvalue weighted by Gasteiger charge is -2.26. The van der Waals surface area contributed by atoms with E-state index in [1.165, 1.54) is 0 Å². The number of carbonyl (C=O) groups is 3. The molecule has 9 nitrogen and oxygen atoms in total. The number of nitrogens with zero attached hydrogens (tertiary/aromatic N) is 1. The fraction of sp³-hybridized carbons (Fsp3) is 0.469. The van der Waals surface area contributed by atoms with Crippen LogP contribution in [0.2, 0.25) is 0 Å². The molecule has 1 heterocycles. The molecular formula is C32H42N3O6PS2. The van der Waals surface area contributed by atoms with Crippen LogP contribution in [0.15, 0.2) is 48.5 Å². The summed E-state index contributed by atoms with van der Waals surface area (Å²) in [6.45, 7) is 6.74. The minimum atomic E-state index is -3.57. The first-order valence-corrected chi connectivity index (χ1v) is 18.9. The van der Waals surface area contributed by atoms with Gasteiger partial charge in [-0.05, 0) is 36.6 Å². The molecular weight excluding hydrogens is 617 g/mol. The van der Waals surface area contributed by atoms with Crippen LogP contribution in [-0.4, -0.2) is 59.0 Å². The zero-order valence-electron chi connectivity index (χ0n) is 25.5. The van der Waals surface area contributed by atoms with E-state index in [-0.39, 0.29) is 42.4 Å². The van der Waals surface area contributed by atoms with Crippen LogP contribution in [-0.2, 0) is 30.0 Å². The molecule has 1 aliphatic heterocycles. The van der Waals surface area contributed by atoms with E-state index in [9.17, 15) is 23.8 Å². The number of fused-ring (bicyclic) bond motifs is 2. The first kappa shape index (κ1) is 35.7. The maximum atomic E-state index is 13.3. The molecule has 0 bridgehead atoms. The molecule has 0 saturated carbocycles. The first-order valence-electron chi connectivity index (χ1n) is 14.8. The molecule has 2 atom stereocenters. The number of amides is 3. The van der Waals surface area contributed by atoms with Gasteiger partial charge in [0.05, 0.1) is 24.5 Å². The van der Waals surface area contributed by atoms with Crippen LogP contribution in [0.3, 0.4) is 0 Å². The minimum absolute atomic E-state index is 0.0586. The Morgan fingerprint density at radius 3 is 2.39 bits per heavy atom. The number of benzene rings is 2. The molecule has 0 fully saturated rings. The highest BCUT2D eigenvalue weighted by molar-refractivity contribution is 8.76. The average molecular weight is 660 g/mol. The van der Waals surface area contributed by atoms with E-state index in [0.29, 0.717) is 44.6 Å². The normalized spacial score (nSPS) is 14.2. The van der Waals surface area contributed by atoms with Gasteiger partial charge in [0.2, 0.25) is 17.7 Å². The summed E-state index contributed by atoms with van der Waals surface area (Å²) in [6, 6.07) is 15.4. The Kier molecular flexibility index (Phi) is 14.8. The molecule has 238 valence electrons. The fourth-order valence-electron chi connectivity index (χ4n) is 4.16. The molecule has 2 aromatic rings. The predicted octanol–water partition coefficient (Wildman–Crippen LogP) is 5.50. The van der Waals surface area contributed by atoms with Crippen LogP contribution in [0, 0.1) is 11.8 Å². The van der Waals surface area contributed by atoms with Crippen molar-refractivity contribution in [2.75, 3.05) is 30.3 Å². The lowest BCUT2D eigenvalue weighted by Crippen LogP contribution is -2.33. The summed E-state index contributed by atoms with van der Waals surface area (Å²) < 4.78 is 16.8. The Hall–Kier alpha value is -2.74. The molecule has 0 radical (unpaired) electrons. The van der Waals surface area contributed by atoms with E-state index < -0.39 is 13.3 Å². The summed E-state index contributed by atoms with van der Waals surface area (Å²) in [7, 11) is -0.263. The molecule has 3 rings (SSSR count). The summed E-state index contributed by atoms with van der Waals surface area (Å²) in [5, 5.41) is 5.96. The van der Waals surface area contributed by atoms with Crippen molar-refractivity contribution in [1.82, 2.24) is 10.6 Å². The van der Waals surface area contributed by atoms with Gasteiger partial charge in [-0.25, -0.2) is 0 Å². The van der Waals surface area contributed by atoms with Crippen LogP contribution < -0.4 is 15.5 Å². The number of hydrogen-bond acceptors (Lipinski definition) is 7. The minimum Gasteiger partial charge on any atom is -0.356 e. The molecule has 0 aromatic heterocycles. The molecule has 0 saturated heterocycles. The van der Waals surface area contributed by atoms with E-state index in [0.717, 1.165) is 22.4 Å². The molecule has 44 heavy (non-hydrogen) atoms. The van der Waals surface area contributed by atoms with Gasteiger partial charge in [0, 0.05) is 54.5 Å². The number of nitrogens with one attached hydrogen (secondary N) is 2. The number of para-hydroxylation sites is 1. The van der Waals surface area contributed by atoms with Crippen molar-refractivity contribution >= 4 is 52.6 Å². The fourth-order valence-corrected chi connectivity index (χ4v) is 7.10. The number of hydrogen-bond donors (Lipinski definition) is 3. The van der Waals surface area contributed by atoms with Gasteiger partial charge in [-0.15, -0.1) is 0 Å². The SMILES string of the molecule is CC(CCC(=O)NCCCOP(=O)(O)C(C)C)SSCCNC(=O)CCC(=O)N1Cc2ccccc2C#Cc2ccccc21. The zero-order chi connectivity index (χ0) is 32.0. The standard InChI is InChI=1S/C32H42N3O6PS2/c1-24(2)42(39,40)41-21-8-19-33-30(36)16-13-25(3)44-43-22-20-34-31(37)17-18-32(38)35-23-28-11-5-4-9-26(28)14-15-27-10-6-7-12-29(27)35/h4-7,9-12,24-25H,8,13,16-23H2,1-3H3,(H,33,36)(H,34,37)(H,39,40). The van der Waals surface area contributed by atoms with Crippen molar-refractivity contribution in [2.24, 2.45) is 0 Å². The second kappa shape index (κ2) is 18.3. The summed E-state index contributed by atoms with van der Waals surface area (Å²) in [5.41, 5.74) is 2.96. The highest BCUT2D eigenvalue weighted by atomic mass is 33.1. The van der Waals surface area contributed by atoms with Crippen molar-refractivity contribution in [1.29, 1.82) is 0 Å². The smallest absolute Gasteiger partial charge is 0.330 e. The second-order valence-electron chi connectivity index (χ2n) is 10.7. The second-order valence-corrected chi connectivity index (χ2v) is 16.1. The van der Waals surface area contributed by atoms with Gasteiger partial charge < -0.3 is 25.0 Å². The van der Waals surface area contributed by atoms with Crippen molar-refractivity contribution in [2.45, 2.75) is 70.3 Å². The summed E-state index contributed by atoms with van der Waals surface area (Å²) >= 11 is 0. The van der Waals surface area contributed by atoms with Gasteiger partial charge in [-0.2, -0.15) is 0 Å². The summed E-state index contributed by atoms with van der Waals surface area (Å²) in [4.78, 5) is 49.2. The average Bonchev–Trinajstić information content (AvgIpc) is 2.99. The first-order chi connectivity index (χ1) is 21.1. The van der Waals surface area contributed by atoms with E-state index in [2.05, 4.69) is 29.4 Å². The van der Waals surface area contributed by atoms with Crippen LogP contribution in [0.25, 0.3) is 0 Å². The van der Waals surface area contributed by atoms with Gasteiger partial charge in [0.15, 0.2) is 0 Å². The van der Waals surface area contributed by atoms with Gasteiger partial charge in [0.1, 0.15) is 0 Å². The summed E-state index contributed by atoms with van der Waals surface area (Å²) in [6.07, 6.45) is 1.79. The highest BCUT2D eigenvalue weighted by Crippen LogP contribution is 2.46. The quantitative estimate of drug-likeness (QED) is 0.0881. The maximum Gasteiger partial charge on any atom is 0.330 e. The third-order valence-electron chi connectivity index (χ3n) is 6.83. The molecule has 12 heteroatoms. The number of carbonyl (C=O) groups excluding carboxylic acids is 3. The van der Waals surface area contributed by atoms with Gasteiger partial charge in [-0.1, -0.05) is 84.5 Å². The zero-order valence-corrected chi connectivity index (χ0v) is 28.1. The Labute approximate surface area is 268 Å². The van der Waals surface area contributed by atoms with E-state index >= 15 is 0 Å². The number of rotatable bonds is 17. The molecule has 3 amide bonds. The molecule has 0 aliphatic carbocycles. The van der Waals surface area contributed by atoms with Crippen molar-refractivity contribution in [3.05, 3.63) is 65.2 Å². The summed E-state index contributed by atoms with van der Waals surface area (Å²) in [5.74, 6) is 6.76. The van der Waals surface area contributed by atoms with Crippen molar-refractivity contribution in [3.8, 4) is 11.8 Å². The molecule has 2 unspecified atom stereocenters. The molecule has 3 N–H and O–H groups in total. The van der Waals surface area contributed by atoms with E-state index in [4.69, 9.17) is 4.52 Å². The van der Waals surface area contributed by atoms with Gasteiger partial charge in [-0.3, -0.25) is 18.9 Å². The highest BCUT2D eigenvalue weighted by Gasteiger charge is 2.24. The molecule has 0 spiro atoms. The Morgan fingerprint density at radius 1 is 0.955 bits per heavy atom. The van der Waals surface area contributed by atoms with E-state index in [1.807, 2.05) is 48.5 Å². The largest absolute Gasteiger partial charge is 0.356 e. The third-order valence-corrected chi connectivity index (χ3v) is 11.7. The number of anilines is 1. The Morgan fingerprint density at radius 2 is 1.61 bits per heavy atom. The van der Waals surface area contributed by atoms with Crippen LogP contribution in [0.1, 0.15) is 69.6 Å². The maximum absolute atomic E-state index is 13.3. The van der Waals surface area contributed by atoms with Gasteiger partial charge in [0.25, 0.3) is 0 Å². The molecule has 2 aromatic carbocycles. The van der Waals surface area contributed by atoms with Gasteiger partial charge >= 0.3 is 7.60 Å². The Bertz CT molecular complexity index is 1390. The lowest BCUT2D eigenvalue weighted by atomic mass is 10.0. The molecule has 1 aliphatic rings. The van der Waals surface area contributed by atoms with Crippen LogP contribution in [0.4, 0.5) is 5.69 Å². The third kappa shape index (κ3) is 12.0. The topological polar surface area (TPSA) is 125 Å². The van der Waals surface area contributed by atoms with Crippen LogP contribution in [0.5, 0.6) is 0 Å². The Balaban J connectivity index is 1.29. The predicted molar refractivity (Wildman–Crippen MR) is 180 cm³/mol.